The van der Waals surface area contributed by atoms with Gasteiger partial charge in [0.25, 0.3) is 0 Å². The molecule has 0 fully saturated rings. The first kappa shape index (κ1) is 38.0. The molecule has 236 valence electrons. The van der Waals surface area contributed by atoms with Gasteiger partial charge in [0, 0.05) is 27.7 Å². The topological polar surface area (TPSA) is 25.2 Å². The van der Waals surface area contributed by atoms with Crippen LogP contribution < -0.4 is 5.32 Å². The molecule has 0 spiro atoms. The van der Waals surface area contributed by atoms with Gasteiger partial charge in [-0.25, -0.2) is 0 Å². The Morgan fingerprint density at radius 3 is 1.80 bits per heavy atom. The van der Waals surface area contributed by atoms with Crippen LogP contribution in [-0.4, -0.2) is 0 Å². The van der Waals surface area contributed by atoms with E-state index in [1.54, 1.807) is 0 Å². The molecule has 0 unspecified atom stereocenters. The normalized spacial score (nSPS) is 10.2. The summed E-state index contributed by atoms with van der Waals surface area (Å²) in [6, 6.07) is 31.6. The van der Waals surface area contributed by atoms with Crippen molar-refractivity contribution in [2.45, 2.75) is 94.4 Å². The van der Waals surface area contributed by atoms with E-state index in [1.807, 2.05) is 25.1 Å². The SMILES string of the molecule is C/C=C\C=C/Cc1ccccc1Nc1ccc(-c2cccc3c2oc2ccccc23)cc1.CCC.CCC.CCC.CCC. The molecule has 1 heterocycles. The molecule has 0 atom stereocenters. The largest absolute Gasteiger partial charge is 0.455 e. The third-order valence-electron chi connectivity index (χ3n) is 5.67. The van der Waals surface area contributed by atoms with Crippen molar-refractivity contribution in [2.75, 3.05) is 5.32 Å². The van der Waals surface area contributed by atoms with E-state index in [2.05, 4.69) is 158 Å². The van der Waals surface area contributed by atoms with Crippen molar-refractivity contribution in [1.82, 2.24) is 0 Å². The monoisotopic (exact) mass is 591 g/mol. The van der Waals surface area contributed by atoms with Crippen molar-refractivity contribution in [1.29, 1.82) is 0 Å². The lowest BCUT2D eigenvalue weighted by molar-refractivity contribution is 0.670. The Balaban J connectivity index is 0.000000703. The minimum absolute atomic E-state index is 0.889. The second-order valence-corrected chi connectivity index (χ2v) is 10.6. The number of furan rings is 1. The van der Waals surface area contributed by atoms with E-state index in [4.69, 9.17) is 4.42 Å². The van der Waals surface area contributed by atoms with Crippen molar-refractivity contribution >= 4 is 33.3 Å². The van der Waals surface area contributed by atoms with Gasteiger partial charge in [-0.15, -0.1) is 0 Å². The average molecular weight is 592 g/mol. The van der Waals surface area contributed by atoms with Gasteiger partial charge < -0.3 is 9.73 Å². The Morgan fingerprint density at radius 2 is 1.16 bits per heavy atom. The van der Waals surface area contributed by atoms with Crippen LogP contribution in [0.1, 0.15) is 93.6 Å². The molecule has 44 heavy (non-hydrogen) atoms. The quantitative estimate of drug-likeness (QED) is 0.199. The summed E-state index contributed by atoms with van der Waals surface area (Å²) < 4.78 is 6.21. The average Bonchev–Trinajstić information content (AvgIpc) is 3.41. The van der Waals surface area contributed by atoms with Crippen LogP contribution in [0.15, 0.2) is 120 Å². The highest BCUT2D eigenvalue weighted by molar-refractivity contribution is 6.09. The molecule has 0 amide bonds. The van der Waals surface area contributed by atoms with Gasteiger partial charge in [0.15, 0.2) is 0 Å². The smallest absolute Gasteiger partial charge is 0.143 e. The molecular formula is C42H57NO. The zero-order valence-corrected chi connectivity index (χ0v) is 28.9. The highest BCUT2D eigenvalue weighted by Gasteiger charge is 2.11. The Labute approximate surface area is 268 Å². The highest BCUT2D eigenvalue weighted by Crippen LogP contribution is 2.36. The van der Waals surface area contributed by atoms with Crippen molar-refractivity contribution in [2.24, 2.45) is 0 Å². The van der Waals surface area contributed by atoms with Gasteiger partial charge in [0.1, 0.15) is 11.2 Å². The molecule has 5 rings (SSSR count). The van der Waals surface area contributed by atoms with Crippen LogP contribution >= 0.6 is 0 Å². The molecule has 0 aliphatic heterocycles. The van der Waals surface area contributed by atoms with E-state index in [-0.39, 0.29) is 0 Å². The Morgan fingerprint density at radius 1 is 0.591 bits per heavy atom. The number of hydrogen-bond donors (Lipinski definition) is 1. The summed E-state index contributed by atoms with van der Waals surface area (Å²) in [6.07, 6.45) is 14.2. The highest BCUT2D eigenvalue weighted by atomic mass is 16.3. The fourth-order valence-corrected chi connectivity index (χ4v) is 4.07. The minimum atomic E-state index is 0.889. The first-order chi connectivity index (χ1) is 21.5. The van der Waals surface area contributed by atoms with E-state index >= 15 is 0 Å². The molecule has 0 bridgehead atoms. The summed E-state index contributed by atoms with van der Waals surface area (Å²) in [4.78, 5) is 0. The molecule has 0 saturated heterocycles. The summed E-state index contributed by atoms with van der Waals surface area (Å²) in [7, 11) is 0. The molecule has 0 aliphatic carbocycles. The lowest BCUT2D eigenvalue weighted by Crippen LogP contribution is -1.95. The van der Waals surface area contributed by atoms with Crippen LogP contribution in [0.3, 0.4) is 0 Å². The van der Waals surface area contributed by atoms with Crippen LogP contribution in [0.4, 0.5) is 11.4 Å². The Hall–Kier alpha value is -4.04. The zero-order valence-electron chi connectivity index (χ0n) is 28.9. The lowest BCUT2D eigenvalue weighted by Gasteiger charge is -2.12. The molecule has 2 heteroatoms. The lowest BCUT2D eigenvalue weighted by atomic mass is 10.0. The minimum Gasteiger partial charge on any atom is -0.455 e. The number of allylic oxidation sites excluding steroid dienone is 4. The predicted octanol–water partition coefficient (Wildman–Crippen LogP) is 14.3. The molecule has 0 radical (unpaired) electrons. The number of anilines is 2. The molecule has 1 aromatic heterocycles. The molecule has 1 N–H and O–H groups in total. The third-order valence-corrected chi connectivity index (χ3v) is 5.67. The summed E-state index contributed by atoms with van der Waals surface area (Å²) >= 11 is 0. The van der Waals surface area contributed by atoms with Gasteiger partial charge in [-0.1, -0.05) is 172 Å². The fraction of sp³-hybridized carbons (Fsp3) is 0.333. The molecule has 0 saturated carbocycles. The van der Waals surface area contributed by atoms with E-state index in [0.29, 0.717) is 0 Å². The molecule has 5 aromatic rings. The molecule has 4 aromatic carbocycles. The zero-order chi connectivity index (χ0) is 32.6. The van der Waals surface area contributed by atoms with Crippen LogP contribution in [0, 0.1) is 0 Å². The van der Waals surface area contributed by atoms with Crippen molar-refractivity contribution in [3.63, 3.8) is 0 Å². The molecular weight excluding hydrogens is 534 g/mol. The van der Waals surface area contributed by atoms with Crippen LogP contribution in [0.5, 0.6) is 0 Å². The summed E-state index contributed by atoms with van der Waals surface area (Å²) in [5.41, 5.74) is 7.58. The predicted molar refractivity (Wildman–Crippen MR) is 200 cm³/mol. The van der Waals surface area contributed by atoms with Crippen LogP contribution in [-0.2, 0) is 6.42 Å². The fourth-order valence-electron chi connectivity index (χ4n) is 4.07. The van der Waals surface area contributed by atoms with E-state index < -0.39 is 0 Å². The van der Waals surface area contributed by atoms with Crippen LogP contribution in [0.2, 0.25) is 0 Å². The van der Waals surface area contributed by atoms with Gasteiger partial charge in [-0.2, -0.15) is 0 Å². The Bertz CT molecular complexity index is 1480. The summed E-state index contributed by atoms with van der Waals surface area (Å²) in [6.45, 7) is 19.0. The molecule has 2 nitrogen and oxygen atoms in total. The van der Waals surface area contributed by atoms with Gasteiger partial charge in [0.05, 0.1) is 0 Å². The summed E-state index contributed by atoms with van der Waals surface area (Å²) in [5, 5.41) is 5.88. The van der Waals surface area contributed by atoms with Gasteiger partial charge in [-0.3, -0.25) is 0 Å². The number of benzene rings is 4. The van der Waals surface area contributed by atoms with Gasteiger partial charge >= 0.3 is 0 Å². The Kier molecular flexibility index (Phi) is 20.2. The second-order valence-electron chi connectivity index (χ2n) is 10.6. The number of fused-ring (bicyclic) bond motifs is 3. The third kappa shape index (κ3) is 12.7. The maximum Gasteiger partial charge on any atom is 0.143 e. The van der Waals surface area contributed by atoms with Crippen molar-refractivity contribution < 1.29 is 4.42 Å². The van der Waals surface area contributed by atoms with E-state index in [0.717, 1.165) is 50.9 Å². The number of para-hydroxylation sites is 3. The van der Waals surface area contributed by atoms with Gasteiger partial charge in [0.2, 0.25) is 0 Å². The van der Waals surface area contributed by atoms with E-state index in [9.17, 15) is 0 Å². The first-order valence-corrected chi connectivity index (χ1v) is 16.6. The first-order valence-electron chi connectivity index (χ1n) is 16.6. The summed E-state index contributed by atoms with van der Waals surface area (Å²) in [5.74, 6) is 0. The van der Waals surface area contributed by atoms with Crippen molar-refractivity contribution in [3.05, 3.63) is 121 Å². The maximum atomic E-state index is 6.21. The second kappa shape index (κ2) is 23.4. The van der Waals surface area contributed by atoms with Crippen LogP contribution in [0.25, 0.3) is 33.1 Å². The van der Waals surface area contributed by atoms with E-state index in [1.165, 1.54) is 31.2 Å². The van der Waals surface area contributed by atoms with Gasteiger partial charge in [-0.05, 0) is 48.7 Å². The standard InChI is InChI=1S/C30H25NO.4C3H8/c1-2-3-4-5-11-23-12-6-8-16-28(23)31-24-20-18-22(19-21-24)25-14-10-15-27-26-13-7-9-17-29(26)32-30(25)27;4*1-3-2/h2-10,12-21,31H,11H2,1H3;4*3H2,1-2H3/b3-2-,5-4-;;;;. The maximum absolute atomic E-state index is 6.21. The van der Waals surface area contributed by atoms with Crippen molar-refractivity contribution in [3.8, 4) is 11.1 Å². The number of nitrogens with one attached hydrogen (secondary N) is 1. The number of rotatable bonds is 6. The number of hydrogen-bond acceptors (Lipinski definition) is 2. The molecule has 0 aliphatic rings.